The van der Waals surface area contributed by atoms with Gasteiger partial charge < -0.3 is 9.80 Å². The van der Waals surface area contributed by atoms with Crippen LogP contribution in [0.15, 0.2) is 12.4 Å². The average Bonchev–Trinajstić information content (AvgIpc) is 2.44. The van der Waals surface area contributed by atoms with Gasteiger partial charge in [-0.3, -0.25) is 9.80 Å². The summed E-state index contributed by atoms with van der Waals surface area (Å²) in [7, 11) is 0. The number of nitrogens with zero attached hydrogens (tertiary/aromatic N) is 4. The minimum atomic E-state index is 1.10. The van der Waals surface area contributed by atoms with Gasteiger partial charge in [0.1, 0.15) is 0 Å². The smallest absolute Gasteiger partial charge is 0.0730 e. The molecule has 0 aromatic carbocycles. The predicted molar refractivity (Wildman–Crippen MR) is 45.7 cm³/mol. The Balaban J connectivity index is 1.96. The lowest BCUT2D eigenvalue weighted by Gasteiger charge is -2.31. The maximum Gasteiger partial charge on any atom is 0.0730 e. The second-order valence-corrected chi connectivity index (χ2v) is 3.83. The van der Waals surface area contributed by atoms with E-state index in [0.29, 0.717) is 0 Å². The lowest BCUT2D eigenvalue weighted by Crippen LogP contribution is -2.42. The molecule has 0 spiro atoms. The summed E-state index contributed by atoms with van der Waals surface area (Å²) in [5.41, 5.74) is 0. The normalized spacial score (nSPS) is 38.7. The van der Waals surface area contributed by atoms with Crippen LogP contribution in [0.5, 0.6) is 0 Å². The van der Waals surface area contributed by atoms with E-state index < -0.39 is 0 Å². The van der Waals surface area contributed by atoms with E-state index in [1.165, 1.54) is 13.1 Å². The molecule has 0 aromatic heterocycles. The Morgan fingerprint density at radius 3 is 1.50 bits per heavy atom. The van der Waals surface area contributed by atoms with Crippen LogP contribution in [-0.2, 0) is 0 Å². The molecule has 4 aliphatic rings. The molecule has 2 fully saturated rings. The standard InChI is InChI=1S/C8H14N4/c1-2-10-7-11-3-4-12(8-10)6-9(1)5-11/h1-2H,3-8H2. The van der Waals surface area contributed by atoms with Gasteiger partial charge in [-0.15, -0.1) is 0 Å². The van der Waals surface area contributed by atoms with Gasteiger partial charge in [-0.1, -0.05) is 0 Å². The van der Waals surface area contributed by atoms with Gasteiger partial charge in [-0.25, -0.2) is 0 Å². The lowest BCUT2D eigenvalue weighted by atomic mass is 10.5. The SMILES string of the molecule is C1=CN2CN3CCN(CN1C3)C2. The molecule has 4 aliphatic heterocycles. The second kappa shape index (κ2) is 2.37. The van der Waals surface area contributed by atoms with Crippen LogP contribution in [0, 0.1) is 0 Å². The van der Waals surface area contributed by atoms with Crippen LogP contribution in [0.2, 0.25) is 0 Å². The van der Waals surface area contributed by atoms with Crippen molar-refractivity contribution in [3.05, 3.63) is 12.4 Å². The van der Waals surface area contributed by atoms with E-state index in [2.05, 4.69) is 32.0 Å². The molecule has 4 heteroatoms. The van der Waals surface area contributed by atoms with Crippen molar-refractivity contribution >= 4 is 0 Å². The van der Waals surface area contributed by atoms with Crippen LogP contribution in [0.4, 0.5) is 0 Å². The van der Waals surface area contributed by atoms with Crippen molar-refractivity contribution in [1.82, 2.24) is 19.6 Å². The van der Waals surface area contributed by atoms with Crippen LogP contribution in [0.25, 0.3) is 0 Å². The van der Waals surface area contributed by atoms with Gasteiger partial charge in [0.25, 0.3) is 0 Å². The Kier molecular flexibility index (Phi) is 1.33. The third-order valence-electron chi connectivity index (χ3n) is 2.75. The van der Waals surface area contributed by atoms with Crippen LogP contribution < -0.4 is 0 Å². The first kappa shape index (κ1) is 6.74. The maximum atomic E-state index is 2.49. The molecule has 0 N–H and O–H groups in total. The molecular weight excluding hydrogens is 152 g/mol. The fourth-order valence-corrected chi connectivity index (χ4v) is 2.15. The summed E-state index contributed by atoms with van der Waals surface area (Å²) in [5, 5.41) is 0. The Bertz CT molecular complexity index is 181. The third-order valence-corrected chi connectivity index (χ3v) is 2.75. The first-order valence-electron chi connectivity index (χ1n) is 4.51. The van der Waals surface area contributed by atoms with Gasteiger partial charge in [-0.2, -0.15) is 0 Å². The molecule has 12 heavy (non-hydrogen) atoms. The molecule has 0 aliphatic carbocycles. The first-order chi connectivity index (χ1) is 5.90. The zero-order valence-electron chi connectivity index (χ0n) is 7.19. The van der Waals surface area contributed by atoms with Crippen LogP contribution in [0.1, 0.15) is 0 Å². The Hall–Kier alpha value is -0.740. The molecule has 0 aromatic rings. The van der Waals surface area contributed by atoms with E-state index in [0.717, 1.165) is 26.7 Å². The summed E-state index contributed by atoms with van der Waals surface area (Å²) in [6, 6.07) is 0. The molecule has 4 heterocycles. The van der Waals surface area contributed by atoms with Crippen molar-refractivity contribution in [2.75, 3.05) is 39.8 Å². The van der Waals surface area contributed by atoms with Gasteiger partial charge >= 0.3 is 0 Å². The molecule has 2 saturated heterocycles. The van der Waals surface area contributed by atoms with E-state index in [1.54, 1.807) is 0 Å². The van der Waals surface area contributed by atoms with Gasteiger partial charge in [-0.05, 0) is 0 Å². The molecule has 0 amide bonds. The fraction of sp³-hybridized carbons (Fsp3) is 0.750. The fourth-order valence-electron chi connectivity index (χ4n) is 2.15. The highest BCUT2D eigenvalue weighted by molar-refractivity contribution is 4.91. The Labute approximate surface area is 72.6 Å². The summed E-state index contributed by atoms with van der Waals surface area (Å²) in [6.07, 6.45) is 4.43. The van der Waals surface area contributed by atoms with Crippen molar-refractivity contribution < 1.29 is 0 Å². The van der Waals surface area contributed by atoms with Crippen molar-refractivity contribution in [1.29, 1.82) is 0 Å². The number of fused-ring (bicyclic) bond motifs is 1. The zero-order chi connectivity index (χ0) is 7.97. The number of hydrogen-bond acceptors (Lipinski definition) is 4. The Morgan fingerprint density at radius 1 is 0.667 bits per heavy atom. The summed E-state index contributed by atoms with van der Waals surface area (Å²) < 4.78 is 0. The molecule has 0 saturated carbocycles. The average molecular weight is 166 g/mol. The maximum absolute atomic E-state index is 2.49. The highest BCUT2D eigenvalue weighted by Crippen LogP contribution is 2.15. The van der Waals surface area contributed by atoms with E-state index in [4.69, 9.17) is 0 Å². The molecular formula is C8H14N4. The van der Waals surface area contributed by atoms with Crippen LogP contribution in [-0.4, -0.2) is 59.4 Å². The summed E-state index contributed by atoms with van der Waals surface area (Å²) in [5.74, 6) is 0. The molecule has 0 radical (unpaired) electrons. The third kappa shape index (κ3) is 0.990. The summed E-state index contributed by atoms with van der Waals surface area (Å²) in [4.78, 5) is 9.74. The number of rotatable bonds is 0. The summed E-state index contributed by atoms with van der Waals surface area (Å²) in [6.45, 7) is 6.84. The van der Waals surface area contributed by atoms with Gasteiger partial charge in [0.2, 0.25) is 0 Å². The van der Waals surface area contributed by atoms with E-state index >= 15 is 0 Å². The molecule has 4 bridgehead atoms. The zero-order valence-corrected chi connectivity index (χ0v) is 7.19. The molecule has 66 valence electrons. The minimum Gasteiger partial charge on any atom is -0.350 e. The Morgan fingerprint density at radius 2 is 1.08 bits per heavy atom. The van der Waals surface area contributed by atoms with Crippen molar-refractivity contribution in [3.8, 4) is 0 Å². The molecule has 0 atom stereocenters. The topological polar surface area (TPSA) is 13.0 Å². The first-order valence-corrected chi connectivity index (χ1v) is 4.51. The monoisotopic (exact) mass is 166 g/mol. The van der Waals surface area contributed by atoms with E-state index in [1.807, 2.05) is 0 Å². The minimum absolute atomic E-state index is 1.10. The van der Waals surface area contributed by atoms with Crippen molar-refractivity contribution in [2.24, 2.45) is 0 Å². The molecule has 0 unspecified atom stereocenters. The number of hydrogen-bond donors (Lipinski definition) is 0. The van der Waals surface area contributed by atoms with E-state index in [9.17, 15) is 0 Å². The lowest BCUT2D eigenvalue weighted by molar-refractivity contribution is 0.0845. The molecule has 4 nitrogen and oxygen atoms in total. The van der Waals surface area contributed by atoms with Crippen molar-refractivity contribution in [3.63, 3.8) is 0 Å². The van der Waals surface area contributed by atoms with Crippen molar-refractivity contribution in [2.45, 2.75) is 0 Å². The molecule has 4 rings (SSSR count). The van der Waals surface area contributed by atoms with Gasteiger partial charge in [0, 0.05) is 25.5 Å². The highest BCUT2D eigenvalue weighted by Gasteiger charge is 2.27. The quantitative estimate of drug-likeness (QED) is 0.482. The van der Waals surface area contributed by atoms with Gasteiger partial charge in [0.15, 0.2) is 0 Å². The van der Waals surface area contributed by atoms with E-state index in [-0.39, 0.29) is 0 Å². The highest BCUT2D eigenvalue weighted by atomic mass is 15.5. The predicted octanol–water partition coefficient (Wildman–Crippen LogP) is -0.464. The van der Waals surface area contributed by atoms with Gasteiger partial charge in [0.05, 0.1) is 26.7 Å². The second-order valence-electron chi connectivity index (χ2n) is 3.83. The summed E-state index contributed by atoms with van der Waals surface area (Å²) >= 11 is 0. The van der Waals surface area contributed by atoms with Crippen LogP contribution in [0.3, 0.4) is 0 Å². The largest absolute Gasteiger partial charge is 0.350 e. The van der Waals surface area contributed by atoms with Crippen LogP contribution >= 0.6 is 0 Å².